The molecule has 0 aromatic heterocycles. The molecule has 116 valence electrons. The summed E-state index contributed by atoms with van der Waals surface area (Å²) < 4.78 is 10.6. The van der Waals surface area contributed by atoms with Crippen LogP contribution < -0.4 is 10.1 Å². The first-order chi connectivity index (χ1) is 10.6. The van der Waals surface area contributed by atoms with Gasteiger partial charge in [-0.3, -0.25) is 5.32 Å². The summed E-state index contributed by atoms with van der Waals surface area (Å²) in [5, 5.41) is 2.69. The van der Waals surface area contributed by atoms with Crippen LogP contribution >= 0.6 is 0 Å². The molecule has 22 heavy (non-hydrogen) atoms. The molecule has 0 unspecified atom stereocenters. The van der Waals surface area contributed by atoms with Gasteiger partial charge < -0.3 is 9.47 Å². The first kappa shape index (κ1) is 15.9. The van der Waals surface area contributed by atoms with E-state index in [1.807, 2.05) is 36.4 Å². The average Bonchev–Trinajstić information content (AvgIpc) is 2.54. The Balaban J connectivity index is 2.13. The molecule has 0 atom stereocenters. The molecule has 0 aliphatic heterocycles. The molecule has 1 N–H and O–H groups in total. The number of hydrogen-bond acceptors (Lipinski definition) is 3. The van der Waals surface area contributed by atoms with Gasteiger partial charge in [0.25, 0.3) is 0 Å². The van der Waals surface area contributed by atoms with Gasteiger partial charge in [-0.15, -0.1) is 0 Å². The third kappa shape index (κ3) is 4.01. The average molecular weight is 299 g/mol. The molecule has 0 spiro atoms. The van der Waals surface area contributed by atoms with Gasteiger partial charge in [-0.25, -0.2) is 4.79 Å². The Morgan fingerprint density at radius 1 is 1.14 bits per heavy atom. The highest BCUT2D eigenvalue weighted by Crippen LogP contribution is 2.23. The lowest BCUT2D eigenvalue weighted by Crippen LogP contribution is -2.13. The summed E-state index contributed by atoms with van der Waals surface area (Å²) in [6.07, 6.45) is 0.427. The second-order valence-electron chi connectivity index (χ2n) is 5.03. The van der Waals surface area contributed by atoms with Crippen LogP contribution in [0.15, 0.2) is 42.5 Å². The van der Waals surface area contributed by atoms with E-state index in [-0.39, 0.29) is 0 Å². The lowest BCUT2D eigenvalue weighted by atomic mass is 10.1. The summed E-state index contributed by atoms with van der Waals surface area (Å²) in [7, 11) is 1.34. The Hall–Kier alpha value is -2.49. The molecule has 0 saturated heterocycles. The Morgan fingerprint density at radius 3 is 2.64 bits per heavy atom. The van der Waals surface area contributed by atoms with Crippen LogP contribution in [0.25, 0.3) is 0 Å². The molecule has 2 aromatic carbocycles. The molecule has 0 radical (unpaired) electrons. The van der Waals surface area contributed by atoms with Crippen molar-refractivity contribution in [1.29, 1.82) is 0 Å². The van der Waals surface area contributed by atoms with Gasteiger partial charge in [-0.05, 0) is 31.0 Å². The van der Waals surface area contributed by atoms with Gasteiger partial charge in [-0.2, -0.15) is 0 Å². The number of methoxy groups -OCH3 is 1. The van der Waals surface area contributed by atoms with Crippen molar-refractivity contribution in [2.24, 2.45) is 0 Å². The summed E-state index contributed by atoms with van der Waals surface area (Å²) in [6, 6.07) is 13.7. The quantitative estimate of drug-likeness (QED) is 0.894. The van der Waals surface area contributed by atoms with E-state index >= 15 is 0 Å². The van der Waals surface area contributed by atoms with Crippen molar-refractivity contribution < 1.29 is 14.3 Å². The van der Waals surface area contributed by atoms with Gasteiger partial charge in [0.05, 0.1) is 12.8 Å². The van der Waals surface area contributed by atoms with Crippen LogP contribution in [0, 0.1) is 6.92 Å². The number of para-hydroxylation sites is 1. The number of aryl methyl sites for hydroxylation is 2. The van der Waals surface area contributed by atoms with Crippen molar-refractivity contribution in [2.75, 3.05) is 12.4 Å². The van der Waals surface area contributed by atoms with Crippen molar-refractivity contribution >= 4 is 11.8 Å². The molecular weight excluding hydrogens is 278 g/mol. The van der Waals surface area contributed by atoms with Crippen molar-refractivity contribution in [3.8, 4) is 5.75 Å². The highest BCUT2D eigenvalue weighted by molar-refractivity contribution is 5.85. The first-order valence-electron chi connectivity index (χ1n) is 7.29. The number of anilines is 1. The molecule has 2 rings (SSSR count). The topological polar surface area (TPSA) is 47.6 Å². The molecule has 0 bridgehead atoms. The number of nitrogens with one attached hydrogen (secondary N) is 1. The van der Waals surface area contributed by atoms with Crippen LogP contribution in [-0.2, 0) is 17.8 Å². The molecule has 4 heteroatoms. The lowest BCUT2D eigenvalue weighted by molar-refractivity contribution is 0.187. The zero-order valence-electron chi connectivity index (χ0n) is 13.2. The van der Waals surface area contributed by atoms with E-state index in [4.69, 9.17) is 4.74 Å². The number of rotatable bonds is 5. The monoisotopic (exact) mass is 299 g/mol. The van der Waals surface area contributed by atoms with Crippen molar-refractivity contribution in [3.63, 3.8) is 0 Å². The van der Waals surface area contributed by atoms with E-state index in [2.05, 4.69) is 30.0 Å². The number of hydrogen-bond donors (Lipinski definition) is 1. The number of carbonyl (C=O) groups is 1. The molecule has 0 aliphatic rings. The molecule has 1 amide bonds. The van der Waals surface area contributed by atoms with Gasteiger partial charge in [0.15, 0.2) is 0 Å². The standard InChI is InChI=1S/C18H21NO3/c1-4-14-11-13(2)9-10-17(14)22-12-15-7-5-6-8-16(15)19-18(20)21-3/h5-11H,4,12H2,1-3H3,(H,19,20). The summed E-state index contributed by atoms with van der Waals surface area (Å²) >= 11 is 0. The van der Waals surface area contributed by atoms with Gasteiger partial charge >= 0.3 is 6.09 Å². The Morgan fingerprint density at radius 2 is 1.91 bits per heavy atom. The van der Waals surface area contributed by atoms with Crippen LogP contribution in [0.5, 0.6) is 5.75 Å². The molecule has 0 heterocycles. The number of amides is 1. The summed E-state index contributed by atoms with van der Waals surface area (Å²) in [4.78, 5) is 11.4. The van der Waals surface area contributed by atoms with E-state index in [9.17, 15) is 4.79 Å². The largest absolute Gasteiger partial charge is 0.489 e. The zero-order valence-corrected chi connectivity index (χ0v) is 13.2. The van der Waals surface area contributed by atoms with Crippen molar-refractivity contribution in [1.82, 2.24) is 0 Å². The Bertz CT molecular complexity index is 653. The lowest BCUT2D eigenvalue weighted by Gasteiger charge is -2.14. The predicted molar refractivity (Wildman–Crippen MR) is 87.4 cm³/mol. The fourth-order valence-corrected chi connectivity index (χ4v) is 2.21. The van der Waals surface area contributed by atoms with Gasteiger partial charge in [0.1, 0.15) is 12.4 Å². The smallest absolute Gasteiger partial charge is 0.411 e. The fourth-order valence-electron chi connectivity index (χ4n) is 2.21. The fraction of sp³-hybridized carbons (Fsp3) is 0.278. The number of ether oxygens (including phenoxy) is 2. The molecule has 0 fully saturated rings. The summed E-state index contributed by atoms with van der Waals surface area (Å²) in [5.41, 5.74) is 3.99. The minimum atomic E-state index is -0.489. The van der Waals surface area contributed by atoms with E-state index in [0.29, 0.717) is 12.3 Å². The van der Waals surface area contributed by atoms with E-state index in [1.165, 1.54) is 18.2 Å². The van der Waals surface area contributed by atoms with Gasteiger partial charge in [0, 0.05) is 5.56 Å². The minimum Gasteiger partial charge on any atom is -0.489 e. The van der Waals surface area contributed by atoms with Crippen molar-refractivity contribution in [3.05, 3.63) is 59.2 Å². The predicted octanol–water partition coefficient (Wildman–Crippen LogP) is 4.31. The number of carbonyl (C=O) groups excluding carboxylic acids is 1. The Labute approximate surface area is 131 Å². The third-order valence-corrected chi connectivity index (χ3v) is 3.42. The third-order valence-electron chi connectivity index (χ3n) is 3.42. The maximum Gasteiger partial charge on any atom is 0.411 e. The summed E-state index contributed by atoms with van der Waals surface area (Å²) in [6.45, 7) is 4.56. The van der Waals surface area contributed by atoms with Crippen LogP contribution in [-0.4, -0.2) is 13.2 Å². The van der Waals surface area contributed by atoms with Gasteiger partial charge in [0.2, 0.25) is 0 Å². The van der Waals surface area contributed by atoms with E-state index < -0.39 is 6.09 Å². The first-order valence-corrected chi connectivity index (χ1v) is 7.29. The van der Waals surface area contributed by atoms with Gasteiger partial charge in [-0.1, -0.05) is 42.8 Å². The molecule has 0 aliphatic carbocycles. The van der Waals surface area contributed by atoms with E-state index in [0.717, 1.165) is 17.7 Å². The van der Waals surface area contributed by atoms with Crippen LogP contribution in [0.4, 0.5) is 10.5 Å². The second-order valence-corrected chi connectivity index (χ2v) is 5.03. The zero-order chi connectivity index (χ0) is 15.9. The van der Waals surface area contributed by atoms with Crippen LogP contribution in [0.3, 0.4) is 0 Å². The van der Waals surface area contributed by atoms with Crippen LogP contribution in [0.1, 0.15) is 23.6 Å². The minimum absolute atomic E-state index is 0.385. The SMILES string of the molecule is CCc1cc(C)ccc1OCc1ccccc1NC(=O)OC. The maximum absolute atomic E-state index is 11.4. The molecule has 2 aromatic rings. The maximum atomic E-state index is 11.4. The molecular formula is C18H21NO3. The molecule has 0 saturated carbocycles. The van der Waals surface area contributed by atoms with E-state index in [1.54, 1.807) is 0 Å². The second kappa shape index (κ2) is 7.50. The van der Waals surface area contributed by atoms with Crippen molar-refractivity contribution in [2.45, 2.75) is 26.9 Å². The molecule has 4 nitrogen and oxygen atoms in total. The summed E-state index contributed by atoms with van der Waals surface area (Å²) in [5.74, 6) is 0.876. The van der Waals surface area contributed by atoms with Crippen LogP contribution in [0.2, 0.25) is 0 Å². The highest BCUT2D eigenvalue weighted by Gasteiger charge is 2.08. The normalized spacial score (nSPS) is 10.1. The number of benzene rings is 2. The highest BCUT2D eigenvalue weighted by atomic mass is 16.5. The Kier molecular flexibility index (Phi) is 5.42.